The van der Waals surface area contributed by atoms with Crippen molar-refractivity contribution >= 4 is 17.9 Å². The lowest BCUT2D eigenvalue weighted by Gasteiger charge is -2.20. The summed E-state index contributed by atoms with van der Waals surface area (Å²) in [5, 5.41) is 15.4. The number of anilines is 1. The summed E-state index contributed by atoms with van der Waals surface area (Å²) in [5.41, 5.74) is -0.726. The molecule has 19 heavy (non-hydrogen) atoms. The van der Waals surface area contributed by atoms with Crippen molar-refractivity contribution < 1.29 is 19.4 Å². The molecule has 0 saturated heterocycles. The van der Waals surface area contributed by atoms with E-state index in [0.717, 1.165) is 0 Å². The van der Waals surface area contributed by atoms with Gasteiger partial charge in [-0.2, -0.15) is 5.10 Å². The minimum Gasteiger partial charge on any atom is -0.477 e. The molecule has 1 aromatic rings. The number of carbonyl (C=O) groups is 2. The summed E-state index contributed by atoms with van der Waals surface area (Å²) in [6.45, 7) is 8.84. The van der Waals surface area contributed by atoms with Gasteiger partial charge in [-0.15, -0.1) is 0 Å². The van der Waals surface area contributed by atoms with E-state index in [-0.39, 0.29) is 17.4 Å². The molecule has 0 saturated carbocycles. The van der Waals surface area contributed by atoms with Gasteiger partial charge >= 0.3 is 12.1 Å². The van der Waals surface area contributed by atoms with Crippen LogP contribution in [0.1, 0.15) is 51.0 Å². The molecule has 0 unspecified atom stereocenters. The summed E-state index contributed by atoms with van der Waals surface area (Å²) in [6, 6.07) is -0.0852. The van der Waals surface area contributed by atoms with Crippen LogP contribution in [0.5, 0.6) is 0 Å². The second-order valence-corrected chi connectivity index (χ2v) is 5.38. The van der Waals surface area contributed by atoms with Gasteiger partial charge in [0.05, 0.1) is 6.20 Å². The van der Waals surface area contributed by atoms with Crippen molar-refractivity contribution in [1.29, 1.82) is 0 Å². The number of ether oxygens (including phenoxy) is 1. The van der Waals surface area contributed by atoms with E-state index in [9.17, 15) is 9.59 Å². The molecule has 1 heterocycles. The molecule has 2 N–H and O–H groups in total. The third kappa shape index (κ3) is 3.97. The quantitative estimate of drug-likeness (QED) is 0.879. The zero-order chi connectivity index (χ0) is 14.8. The molecule has 0 fully saturated rings. The Morgan fingerprint density at radius 3 is 2.42 bits per heavy atom. The fourth-order valence-corrected chi connectivity index (χ4v) is 1.44. The summed E-state index contributed by atoms with van der Waals surface area (Å²) in [5.74, 6) is -1.03. The second-order valence-electron chi connectivity index (χ2n) is 5.38. The van der Waals surface area contributed by atoms with Crippen LogP contribution in [0.15, 0.2) is 6.20 Å². The lowest BCUT2D eigenvalue weighted by Crippen LogP contribution is -2.28. The van der Waals surface area contributed by atoms with E-state index in [1.807, 2.05) is 13.8 Å². The average Bonchev–Trinajstić information content (AvgIpc) is 2.57. The van der Waals surface area contributed by atoms with Gasteiger partial charge in [-0.3, -0.25) is 5.32 Å². The van der Waals surface area contributed by atoms with Crippen molar-refractivity contribution in [2.24, 2.45) is 0 Å². The number of carbonyl (C=O) groups excluding carboxylic acids is 1. The van der Waals surface area contributed by atoms with Gasteiger partial charge < -0.3 is 9.84 Å². The number of aromatic nitrogens is 2. The number of nitrogens with zero attached hydrogens (tertiary/aromatic N) is 2. The number of carboxylic acids is 1. The number of rotatable bonds is 3. The molecule has 0 spiro atoms. The summed E-state index contributed by atoms with van der Waals surface area (Å²) in [6.07, 6.45) is 0.493. The summed E-state index contributed by atoms with van der Waals surface area (Å²) >= 11 is 0. The van der Waals surface area contributed by atoms with E-state index in [1.165, 1.54) is 10.9 Å². The molecule has 0 aliphatic heterocycles. The van der Waals surface area contributed by atoms with Crippen molar-refractivity contribution in [2.75, 3.05) is 5.32 Å². The van der Waals surface area contributed by atoms with Crippen LogP contribution >= 0.6 is 0 Å². The van der Waals surface area contributed by atoms with Gasteiger partial charge in [-0.05, 0) is 34.6 Å². The molecular formula is C12H19N3O4. The highest BCUT2D eigenvalue weighted by atomic mass is 16.6. The van der Waals surface area contributed by atoms with Crippen LogP contribution in [0.3, 0.4) is 0 Å². The molecule has 0 aliphatic carbocycles. The van der Waals surface area contributed by atoms with Crippen LogP contribution in [0.25, 0.3) is 0 Å². The number of aromatic carboxylic acids is 1. The van der Waals surface area contributed by atoms with Crippen LogP contribution in [0, 0.1) is 0 Å². The Balaban J connectivity index is 3.01. The van der Waals surface area contributed by atoms with Crippen LogP contribution < -0.4 is 5.32 Å². The Labute approximate surface area is 111 Å². The molecular weight excluding hydrogens is 250 g/mol. The maximum atomic E-state index is 11.7. The summed E-state index contributed by atoms with van der Waals surface area (Å²) in [7, 11) is 0. The Morgan fingerprint density at radius 1 is 1.42 bits per heavy atom. The van der Waals surface area contributed by atoms with E-state index in [4.69, 9.17) is 9.84 Å². The number of hydrogen-bond donors (Lipinski definition) is 2. The first-order chi connectivity index (χ1) is 8.61. The molecule has 0 radical (unpaired) electrons. The molecule has 0 atom stereocenters. The average molecular weight is 269 g/mol. The molecule has 7 heteroatoms. The normalized spacial score (nSPS) is 11.5. The minimum atomic E-state index is -1.15. The highest BCUT2D eigenvalue weighted by Gasteiger charge is 2.23. The third-order valence-corrected chi connectivity index (χ3v) is 2.13. The van der Waals surface area contributed by atoms with Gasteiger partial charge in [0.25, 0.3) is 0 Å². The molecule has 0 bridgehead atoms. The summed E-state index contributed by atoms with van der Waals surface area (Å²) in [4.78, 5) is 22.8. The first kappa shape index (κ1) is 15.0. The Hall–Kier alpha value is -2.05. The third-order valence-electron chi connectivity index (χ3n) is 2.13. The monoisotopic (exact) mass is 269 g/mol. The first-order valence-electron chi connectivity index (χ1n) is 5.92. The van der Waals surface area contributed by atoms with E-state index >= 15 is 0 Å². The van der Waals surface area contributed by atoms with Crippen molar-refractivity contribution in [3.8, 4) is 0 Å². The maximum absolute atomic E-state index is 11.7. The molecule has 1 rings (SSSR count). The van der Waals surface area contributed by atoms with Gasteiger partial charge in [-0.25, -0.2) is 14.3 Å². The highest BCUT2D eigenvalue weighted by Crippen LogP contribution is 2.20. The van der Waals surface area contributed by atoms with Crippen molar-refractivity contribution in [3.63, 3.8) is 0 Å². The Bertz CT molecular complexity index is 486. The van der Waals surface area contributed by atoms with Gasteiger partial charge in [0.1, 0.15) is 17.0 Å². The second kappa shape index (κ2) is 5.29. The Kier molecular flexibility index (Phi) is 4.18. The number of carboxylic acid groups (broad SMARTS) is 1. The van der Waals surface area contributed by atoms with E-state index in [2.05, 4.69) is 10.4 Å². The lowest BCUT2D eigenvalue weighted by atomic mass is 10.2. The van der Waals surface area contributed by atoms with Crippen LogP contribution in [-0.4, -0.2) is 32.6 Å². The van der Waals surface area contributed by atoms with Crippen molar-refractivity contribution in [2.45, 2.75) is 46.3 Å². The molecule has 0 aromatic carbocycles. The smallest absolute Gasteiger partial charge is 0.413 e. The predicted octanol–water partition coefficient (Wildman–Crippen LogP) is 2.51. The molecule has 1 amide bonds. The molecule has 106 valence electrons. The number of amides is 1. The van der Waals surface area contributed by atoms with Gasteiger partial charge in [0, 0.05) is 6.04 Å². The number of hydrogen-bond acceptors (Lipinski definition) is 4. The van der Waals surface area contributed by atoms with Gasteiger partial charge in [-0.1, -0.05) is 0 Å². The molecule has 1 aromatic heterocycles. The standard InChI is InChI=1S/C12H19N3O4/c1-7(2)15-9(8(6-13-15)10(16)17)14-11(18)19-12(3,4)5/h6-7H,1-5H3,(H,14,18)(H,16,17). The van der Waals surface area contributed by atoms with E-state index in [1.54, 1.807) is 20.8 Å². The van der Waals surface area contributed by atoms with Gasteiger partial charge in [0.2, 0.25) is 0 Å². The fourth-order valence-electron chi connectivity index (χ4n) is 1.44. The summed E-state index contributed by atoms with van der Waals surface area (Å²) < 4.78 is 6.52. The van der Waals surface area contributed by atoms with Gasteiger partial charge in [0.15, 0.2) is 0 Å². The number of nitrogens with one attached hydrogen (secondary N) is 1. The van der Waals surface area contributed by atoms with Crippen molar-refractivity contribution in [1.82, 2.24) is 9.78 Å². The maximum Gasteiger partial charge on any atom is 0.413 e. The molecule has 0 aliphatic rings. The van der Waals surface area contributed by atoms with E-state index < -0.39 is 17.7 Å². The van der Waals surface area contributed by atoms with Crippen LogP contribution in [0.4, 0.5) is 10.6 Å². The topological polar surface area (TPSA) is 93.5 Å². The lowest BCUT2D eigenvalue weighted by molar-refractivity contribution is 0.0634. The zero-order valence-corrected chi connectivity index (χ0v) is 11.7. The van der Waals surface area contributed by atoms with Crippen LogP contribution in [0.2, 0.25) is 0 Å². The van der Waals surface area contributed by atoms with E-state index in [0.29, 0.717) is 0 Å². The SMILES string of the molecule is CC(C)n1ncc(C(=O)O)c1NC(=O)OC(C)(C)C. The predicted molar refractivity (Wildman–Crippen MR) is 69.4 cm³/mol. The highest BCUT2D eigenvalue weighted by molar-refractivity contribution is 5.97. The first-order valence-corrected chi connectivity index (χ1v) is 5.92. The van der Waals surface area contributed by atoms with Crippen LogP contribution in [-0.2, 0) is 4.74 Å². The Morgan fingerprint density at radius 2 is 2.00 bits per heavy atom. The minimum absolute atomic E-state index is 0.0699. The fraction of sp³-hybridized carbons (Fsp3) is 0.583. The molecule has 7 nitrogen and oxygen atoms in total. The zero-order valence-electron chi connectivity index (χ0n) is 11.7. The van der Waals surface area contributed by atoms with Crippen molar-refractivity contribution in [3.05, 3.63) is 11.8 Å². The largest absolute Gasteiger partial charge is 0.477 e.